The number of primary amides is 2. The second kappa shape index (κ2) is 9.14. The van der Waals surface area contributed by atoms with Crippen molar-refractivity contribution < 1.29 is 23.2 Å². The van der Waals surface area contributed by atoms with Gasteiger partial charge >= 0.3 is 0 Å². The summed E-state index contributed by atoms with van der Waals surface area (Å²) in [6, 6.07) is 14.1. The number of carbonyl (C=O) groups excluding carboxylic acids is 3. The third-order valence-corrected chi connectivity index (χ3v) is 5.39. The fourth-order valence-electron chi connectivity index (χ4n) is 3.79. The van der Waals surface area contributed by atoms with Gasteiger partial charge in [0.1, 0.15) is 11.6 Å². The van der Waals surface area contributed by atoms with Crippen molar-refractivity contribution in [3.63, 3.8) is 0 Å². The molecule has 0 spiro atoms. The van der Waals surface area contributed by atoms with Crippen LogP contribution < -0.4 is 16.8 Å². The molecule has 0 fully saturated rings. The molecular formula is C25H20F2N4O3. The number of hydrogen-bond acceptors (Lipinski definition) is 3. The molecule has 4 aromatic rings. The van der Waals surface area contributed by atoms with Crippen molar-refractivity contribution in [3.05, 3.63) is 89.0 Å². The van der Waals surface area contributed by atoms with Gasteiger partial charge in [-0.1, -0.05) is 0 Å². The Bertz CT molecular complexity index is 1400. The molecule has 0 aliphatic carbocycles. The third kappa shape index (κ3) is 4.78. The zero-order chi connectivity index (χ0) is 24.4. The average Bonchev–Trinajstić information content (AvgIpc) is 3.15. The molecule has 3 aromatic carbocycles. The summed E-state index contributed by atoms with van der Waals surface area (Å²) in [4.78, 5) is 39.0. The highest BCUT2D eigenvalue weighted by Gasteiger charge is 2.16. The largest absolute Gasteiger partial charge is 0.366 e. The molecule has 6 N–H and O–H groups in total. The molecule has 4 rings (SSSR count). The van der Waals surface area contributed by atoms with Gasteiger partial charge < -0.3 is 21.8 Å². The average molecular weight is 462 g/mol. The van der Waals surface area contributed by atoms with Crippen molar-refractivity contribution >= 4 is 34.3 Å². The Labute approximate surface area is 192 Å². The van der Waals surface area contributed by atoms with Gasteiger partial charge in [-0.2, -0.15) is 0 Å². The molecule has 0 atom stereocenters. The van der Waals surface area contributed by atoms with Crippen molar-refractivity contribution in [1.82, 2.24) is 4.98 Å². The number of rotatable bonds is 7. The molecule has 0 saturated carbocycles. The predicted octanol–water partition coefficient (Wildman–Crippen LogP) is 3.88. The third-order valence-electron chi connectivity index (χ3n) is 5.39. The second-order valence-electron chi connectivity index (χ2n) is 7.75. The summed E-state index contributed by atoms with van der Waals surface area (Å²) in [7, 11) is 0. The highest BCUT2D eigenvalue weighted by atomic mass is 19.1. The highest BCUT2D eigenvalue weighted by molar-refractivity contribution is 6.02. The second-order valence-corrected chi connectivity index (χ2v) is 7.75. The maximum atomic E-state index is 14.0. The minimum absolute atomic E-state index is 0.00433. The van der Waals surface area contributed by atoms with Crippen LogP contribution in [0.4, 0.5) is 14.5 Å². The molecule has 0 saturated heterocycles. The van der Waals surface area contributed by atoms with E-state index in [1.807, 2.05) is 0 Å². The number of fused-ring (bicyclic) bond motifs is 1. The Morgan fingerprint density at radius 2 is 1.44 bits per heavy atom. The lowest BCUT2D eigenvalue weighted by atomic mass is 10.0. The summed E-state index contributed by atoms with van der Waals surface area (Å²) >= 11 is 0. The Kier molecular flexibility index (Phi) is 6.09. The van der Waals surface area contributed by atoms with Gasteiger partial charge in [0.2, 0.25) is 17.7 Å². The lowest BCUT2D eigenvalue weighted by Crippen LogP contribution is -2.18. The van der Waals surface area contributed by atoms with Crippen molar-refractivity contribution in [2.75, 3.05) is 5.32 Å². The summed E-state index contributed by atoms with van der Waals surface area (Å²) in [5.41, 5.74) is 13.5. The standard InChI is InChI=1S/C25H20F2N4O3/c26-16-3-1-13(2-4-16)23-19(20-12-17(27)5-7-21(20)31-23)6-8-22(32)30-18-10-14(24(28)33)9-15(11-18)25(29)34/h1-5,7,9-12,31H,6,8H2,(H2,28,33)(H2,29,34)(H,30,32). The van der Waals surface area contributed by atoms with E-state index >= 15 is 0 Å². The van der Waals surface area contributed by atoms with Gasteiger partial charge in [0.25, 0.3) is 0 Å². The number of nitrogens with one attached hydrogen (secondary N) is 2. The highest BCUT2D eigenvalue weighted by Crippen LogP contribution is 2.32. The number of carbonyl (C=O) groups is 3. The predicted molar refractivity (Wildman–Crippen MR) is 124 cm³/mol. The minimum Gasteiger partial charge on any atom is -0.366 e. The molecule has 9 heteroatoms. The summed E-state index contributed by atoms with van der Waals surface area (Å²) in [6.07, 6.45) is 0.241. The molecule has 0 aliphatic rings. The van der Waals surface area contributed by atoms with E-state index in [-0.39, 0.29) is 35.5 Å². The van der Waals surface area contributed by atoms with Crippen LogP contribution in [0.15, 0.2) is 60.7 Å². The first kappa shape index (κ1) is 22.7. The van der Waals surface area contributed by atoms with Crippen LogP contribution in [0.5, 0.6) is 0 Å². The number of amides is 3. The fraction of sp³-hybridized carbons (Fsp3) is 0.0800. The summed E-state index contributed by atoms with van der Waals surface area (Å²) in [5, 5.41) is 3.24. The van der Waals surface area contributed by atoms with Gasteiger partial charge in [-0.15, -0.1) is 0 Å². The topological polar surface area (TPSA) is 131 Å². The van der Waals surface area contributed by atoms with E-state index in [1.54, 1.807) is 18.2 Å². The van der Waals surface area contributed by atoms with Crippen molar-refractivity contribution in [1.29, 1.82) is 0 Å². The number of benzene rings is 3. The van der Waals surface area contributed by atoms with E-state index in [2.05, 4.69) is 10.3 Å². The van der Waals surface area contributed by atoms with E-state index in [0.717, 1.165) is 0 Å². The molecule has 0 unspecified atom stereocenters. The van der Waals surface area contributed by atoms with Crippen molar-refractivity contribution in [2.24, 2.45) is 11.5 Å². The van der Waals surface area contributed by atoms with Crippen LogP contribution in [0.3, 0.4) is 0 Å². The number of H-pyrrole nitrogens is 1. The molecule has 3 amide bonds. The van der Waals surface area contributed by atoms with Crippen LogP contribution >= 0.6 is 0 Å². The van der Waals surface area contributed by atoms with Gasteiger partial charge in [0.05, 0.1) is 0 Å². The zero-order valence-corrected chi connectivity index (χ0v) is 17.8. The first-order valence-electron chi connectivity index (χ1n) is 10.3. The number of hydrogen-bond donors (Lipinski definition) is 4. The Morgan fingerprint density at radius 1 is 0.824 bits per heavy atom. The van der Waals surface area contributed by atoms with Crippen LogP contribution in [0, 0.1) is 11.6 Å². The van der Waals surface area contributed by atoms with E-state index in [4.69, 9.17) is 11.5 Å². The minimum atomic E-state index is -0.775. The van der Waals surface area contributed by atoms with Gasteiger partial charge in [0.15, 0.2) is 0 Å². The molecule has 1 heterocycles. The molecule has 0 radical (unpaired) electrons. The number of aromatic amines is 1. The molecule has 7 nitrogen and oxygen atoms in total. The number of halogens is 2. The van der Waals surface area contributed by atoms with Gasteiger partial charge in [-0.3, -0.25) is 14.4 Å². The maximum absolute atomic E-state index is 14.0. The lowest BCUT2D eigenvalue weighted by Gasteiger charge is -2.09. The smallest absolute Gasteiger partial charge is 0.248 e. The Balaban J connectivity index is 1.61. The fourth-order valence-corrected chi connectivity index (χ4v) is 3.79. The lowest BCUT2D eigenvalue weighted by molar-refractivity contribution is -0.116. The quantitative estimate of drug-likeness (QED) is 0.332. The number of nitrogens with two attached hydrogens (primary N) is 2. The Hall–Kier alpha value is -4.53. The van der Waals surface area contributed by atoms with Crippen LogP contribution in [0.1, 0.15) is 32.7 Å². The molecular weight excluding hydrogens is 442 g/mol. The molecule has 1 aromatic heterocycles. The zero-order valence-electron chi connectivity index (χ0n) is 17.8. The first-order chi connectivity index (χ1) is 16.2. The van der Waals surface area contributed by atoms with Crippen LogP contribution in [-0.4, -0.2) is 22.7 Å². The maximum Gasteiger partial charge on any atom is 0.248 e. The number of anilines is 1. The van der Waals surface area contributed by atoms with E-state index in [9.17, 15) is 23.2 Å². The molecule has 0 aliphatic heterocycles. The number of aryl methyl sites for hydroxylation is 1. The van der Waals surface area contributed by atoms with Crippen LogP contribution in [-0.2, 0) is 11.2 Å². The van der Waals surface area contributed by atoms with E-state index < -0.39 is 23.5 Å². The monoisotopic (exact) mass is 462 g/mol. The van der Waals surface area contributed by atoms with Gasteiger partial charge in [-0.05, 0) is 78.2 Å². The molecule has 172 valence electrons. The van der Waals surface area contributed by atoms with Gasteiger partial charge in [-0.25, -0.2) is 8.78 Å². The Morgan fingerprint density at radius 3 is 2.06 bits per heavy atom. The van der Waals surface area contributed by atoms with Crippen molar-refractivity contribution in [2.45, 2.75) is 12.8 Å². The SMILES string of the molecule is NC(=O)c1cc(NC(=O)CCc2c(-c3ccc(F)cc3)[nH]c3ccc(F)cc23)cc(C(N)=O)c1. The summed E-state index contributed by atoms with van der Waals surface area (Å²) < 4.78 is 27.4. The number of aromatic nitrogens is 1. The van der Waals surface area contributed by atoms with Crippen LogP contribution in [0.25, 0.3) is 22.2 Å². The normalized spacial score (nSPS) is 10.9. The molecule has 0 bridgehead atoms. The van der Waals surface area contributed by atoms with E-state index in [1.165, 1.54) is 42.5 Å². The van der Waals surface area contributed by atoms with Crippen molar-refractivity contribution in [3.8, 4) is 11.3 Å². The van der Waals surface area contributed by atoms with E-state index in [0.29, 0.717) is 27.7 Å². The summed E-state index contributed by atoms with van der Waals surface area (Å²) in [6.45, 7) is 0. The molecule has 34 heavy (non-hydrogen) atoms. The first-order valence-corrected chi connectivity index (χ1v) is 10.3. The van der Waals surface area contributed by atoms with Gasteiger partial charge in [0, 0.05) is 39.8 Å². The van der Waals surface area contributed by atoms with Crippen LogP contribution in [0.2, 0.25) is 0 Å². The summed E-state index contributed by atoms with van der Waals surface area (Å²) in [5.74, 6) is -2.77.